The second-order valence-corrected chi connectivity index (χ2v) is 7.11. The zero-order chi connectivity index (χ0) is 15.3. The highest BCUT2D eigenvalue weighted by Crippen LogP contribution is 2.30. The van der Waals surface area contributed by atoms with Crippen LogP contribution in [0.2, 0.25) is 0 Å². The largest absolute Gasteiger partial charge is 0.493 e. The van der Waals surface area contributed by atoms with Crippen molar-refractivity contribution in [3.05, 3.63) is 29.3 Å². The first-order chi connectivity index (χ1) is 9.96. The van der Waals surface area contributed by atoms with Crippen molar-refractivity contribution in [2.75, 3.05) is 6.61 Å². The molecular weight excluding hydrogens is 260 g/mol. The van der Waals surface area contributed by atoms with E-state index < -0.39 is 0 Å². The summed E-state index contributed by atoms with van der Waals surface area (Å²) in [6.45, 7) is 7.08. The van der Waals surface area contributed by atoms with Gasteiger partial charge in [0.15, 0.2) is 0 Å². The molecule has 1 aliphatic rings. The van der Waals surface area contributed by atoms with Crippen LogP contribution in [0.4, 0.5) is 0 Å². The van der Waals surface area contributed by atoms with Crippen LogP contribution in [0.1, 0.15) is 64.0 Å². The van der Waals surface area contributed by atoms with E-state index in [2.05, 4.69) is 32.0 Å². The number of hydrogen-bond donors (Lipinski definition) is 0. The topological polar surface area (TPSA) is 26.3 Å². The van der Waals surface area contributed by atoms with Gasteiger partial charge in [-0.05, 0) is 68.1 Å². The number of ketones is 1. The minimum Gasteiger partial charge on any atom is -0.493 e. The quantitative estimate of drug-likeness (QED) is 0.725. The van der Waals surface area contributed by atoms with Crippen molar-refractivity contribution in [3.63, 3.8) is 0 Å². The van der Waals surface area contributed by atoms with E-state index in [0.717, 1.165) is 44.5 Å². The van der Waals surface area contributed by atoms with Gasteiger partial charge in [-0.25, -0.2) is 0 Å². The monoisotopic (exact) mass is 288 g/mol. The summed E-state index contributed by atoms with van der Waals surface area (Å²) in [5.41, 5.74) is 2.99. The average molecular weight is 288 g/mol. The number of aryl methyl sites for hydroxylation is 2. The summed E-state index contributed by atoms with van der Waals surface area (Å²) in [7, 11) is 0. The molecule has 2 heteroatoms. The van der Waals surface area contributed by atoms with Gasteiger partial charge >= 0.3 is 0 Å². The highest BCUT2D eigenvalue weighted by Gasteiger charge is 2.18. The lowest BCUT2D eigenvalue weighted by Gasteiger charge is -2.24. The normalized spacial score (nSPS) is 14.4. The Morgan fingerprint density at radius 3 is 2.86 bits per heavy atom. The molecule has 1 aromatic rings. The summed E-state index contributed by atoms with van der Waals surface area (Å²) in [4.78, 5) is 11.1. The molecule has 0 aliphatic carbocycles. The van der Waals surface area contributed by atoms with Crippen molar-refractivity contribution in [1.82, 2.24) is 0 Å². The fourth-order valence-corrected chi connectivity index (χ4v) is 2.95. The molecule has 1 aliphatic heterocycles. The molecule has 0 fully saturated rings. The lowest BCUT2D eigenvalue weighted by atomic mass is 9.82. The van der Waals surface area contributed by atoms with Crippen molar-refractivity contribution in [3.8, 4) is 5.75 Å². The molecule has 2 rings (SSSR count). The summed E-state index contributed by atoms with van der Waals surface area (Å²) in [5.74, 6) is 1.39. The third-order valence-corrected chi connectivity index (χ3v) is 4.45. The maximum atomic E-state index is 11.1. The molecule has 1 aromatic carbocycles. The Morgan fingerprint density at radius 1 is 1.29 bits per heavy atom. The predicted molar refractivity (Wildman–Crippen MR) is 86.9 cm³/mol. The molecule has 116 valence electrons. The number of fused-ring (bicyclic) bond motifs is 1. The Bertz CT molecular complexity index is 488. The van der Waals surface area contributed by atoms with Crippen LogP contribution in [0.5, 0.6) is 5.75 Å². The Kier molecular flexibility index (Phi) is 5.44. The fraction of sp³-hybridized carbons (Fsp3) is 0.632. The van der Waals surface area contributed by atoms with Crippen LogP contribution in [0.15, 0.2) is 18.2 Å². The van der Waals surface area contributed by atoms with E-state index in [1.165, 1.54) is 17.5 Å². The lowest BCUT2D eigenvalue weighted by molar-refractivity contribution is -0.117. The number of hydrogen-bond acceptors (Lipinski definition) is 2. The van der Waals surface area contributed by atoms with Gasteiger partial charge < -0.3 is 9.53 Å². The van der Waals surface area contributed by atoms with Crippen LogP contribution in [-0.4, -0.2) is 12.4 Å². The zero-order valence-corrected chi connectivity index (χ0v) is 13.7. The molecular formula is C19H28O2. The van der Waals surface area contributed by atoms with Crippen molar-refractivity contribution in [2.45, 2.75) is 65.7 Å². The van der Waals surface area contributed by atoms with Gasteiger partial charge in [0, 0.05) is 6.42 Å². The van der Waals surface area contributed by atoms with E-state index in [0.29, 0.717) is 12.2 Å². The van der Waals surface area contributed by atoms with E-state index in [4.69, 9.17) is 4.74 Å². The van der Waals surface area contributed by atoms with Crippen LogP contribution in [-0.2, 0) is 17.6 Å². The van der Waals surface area contributed by atoms with Crippen LogP contribution < -0.4 is 4.74 Å². The summed E-state index contributed by atoms with van der Waals surface area (Å²) < 4.78 is 5.74. The van der Waals surface area contributed by atoms with Gasteiger partial charge in [-0.3, -0.25) is 0 Å². The average Bonchev–Trinajstić information content (AvgIpc) is 2.45. The van der Waals surface area contributed by atoms with Crippen molar-refractivity contribution < 1.29 is 9.53 Å². The summed E-state index contributed by atoms with van der Waals surface area (Å²) in [6, 6.07) is 6.69. The molecule has 0 saturated heterocycles. The number of carbonyl (C=O) groups is 1. The fourth-order valence-electron chi connectivity index (χ4n) is 2.95. The molecule has 0 bridgehead atoms. The molecule has 0 amide bonds. The highest BCUT2D eigenvalue weighted by molar-refractivity contribution is 5.75. The lowest BCUT2D eigenvalue weighted by Crippen LogP contribution is -2.13. The molecule has 0 atom stereocenters. The Hall–Kier alpha value is -1.31. The first-order valence-corrected chi connectivity index (χ1v) is 8.20. The Morgan fingerprint density at radius 2 is 2.10 bits per heavy atom. The van der Waals surface area contributed by atoms with Crippen molar-refractivity contribution >= 4 is 5.78 Å². The Balaban J connectivity index is 1.81. The van der Waals surface area contributed by atoms with Gasteiger partial charge in [-0.1, -0.05) is 26.0 Å². The predicted octanol–water partition coefficient (Wildman–Crippen LogP) is 4.73. The van der Waals surface area contributed by atoms with Crippen molar-refractivity contribution in [2.24, 2.45) is 5.41 Å². The molecule has 0 N–H and O–H groups in total. The summed E-state index contributed by atoms with van der Waals surface area (Å²) in [5, 5.41) is 0. The van der Waals surface area contributed by atoms with E-state index >= 15 is 0 Å². The maximum Gasteiger partial charge on any atom is 0.129 e. The number of rotatable bonds is 7. The van der Waals surface area contributed by atoms with E-state index in [1.54, 1.807) is 6.92 Å². The molecule has 0 aromatic heterocycles. The van der Waals surface area contributed by atoms with E-state index in [9.17, 15) is 4.79 Å². The molecule has 21 heavy (non-hydrogen) atoms. The minimum atomic E-state index is 0.260. The second-order valence-electron chi connectivity index (χ2n) is 7.11. The van der Waals surface area contributed by atoms with Crippen LogP contribution in [0.25, 0.3) is 0 Å². The van der Waals surface area contributed by atoms with Crippen LogP contribution in [0, 0.1) is 5.41 Å². The van der Waals surface area contributed by atoms with Crippen molar-refractivity contribution in [1.29, 1.82) is 0 Å². The third kappa shape index (κ3) is 5.18. The zero-order valence-electron chi connectivity index (χ0n) is 13.7. The van der Waals surface area contributed by atoms with Crippen LogP contribution >= 0.6 is 0 Å². The first-order valence-electron chi connectivity index (χ1n) is 8.20. The van der Waals surface area contributed by atoms with Gasteiger partial charge in [-0.15, -0.1) is 0 Å². The number of ether oxygens (including phenoxy) is 1. The third-order valence-electron chi connectivity index (χ3n) is 4.45. The maximum absolute atomic E-state index is 11.1. The SMILES string of the molecule is CC(=O)CCC(C)(C)CCCc1ccc2c(c1)OCCC2. The van der Waals surface area contributed by atoms with Gasteiger partial charge in [0.05, 0.1) is 6.61 Å². The van der Waals surface area contributed by atoms with Gasteiger partial charge in [0.1, 0.15) is 11.5 Å². The smallest absolute Gasteiger partial charge is 0.129 e. The number of benzene rings is 1. The summed E-state index contributed by atoms with van der Waals surface area (Å²) >= 11 is 0. The molecule has 2 nitrogen and oxygen atoms in total. The van der Waals surface area contributed by atoms with E-state index in [-0.39, 0.29) is 5.41 Å². The van der Waals surface area contributed by atoms with Gasteiger partial charge in [0.25, 0.3) is 0 Å². The van der Waals surface area contributed by atoms with Gasteiger partial charge in [-0.2, -0.15) is 0 Å². The van der Waals surface area contributed by atoms with Crippen LogP contribution in [0.3, 0.4) is 0 Å². The first kappa shape index (κ1) is 16.1. The van der Waals surface area contributed by atoms with Gasteiger partial charge in [0.2, 0.25) is 0 Å². The molecule has 0 saturated carbocycles. The molecule has 0 radical (unpaired) electrons. The molecule has 0 unspecified atom stereocenters. The molecule has 1 heterocycles. The van der Waals surface area contributed by atoms with E-state index in [1.807, 2.05) is 0 Å². The molecule has 0 spiro atoms. The summed E-state index contributed by atoms with van der Waals surface area (Å²) in [6.07, 6.45) is 7.42. The number of Topliss-reactive ketones (excluding diaryl/α,β-unsaturated/α-hetero) is 1. The number of carbonyl (C=O) groups excluding carboxylic acids is 1. The second kappa shape index (κ2) is 7.11. The highest BCUT2D eigenvalue weighted by atomic mass is 16.5. The Labute approximate surface area is 128 Å². The minimum absolute atomic E-state index is 0.260. The standard InChI is InChI=1S/C19H28O2/c1-15(20)10-12-19(2,3)11-4-6-16-8-9-17-7-5-13-21-18(17)14-16/h8-9,14H,4-7,10-13H2,1-3H3.